The molecule has 1 heterocycles. The van der Waals surface area contributed by atoms with Crippen molar-refractivity contribution in [2.45, 2.75) is 26.2 Å². The van der Waals surface area contributed by atoms with Crippen LogP contribution in [0.1, 0.15) is 34.3 Å². The van der Waals surface area contributed by atoms with Gasteiger partial charge in [0, 0.05) is 23.7 Å². The molecule has 2 aromatic rings. The van der Waals surface area contributed by atoms with E-state index >= 15 is 0 Å². The second kappa shape index (κ2) is 7.18. The first-order valence-corrected chi connectivity index (χ1v) is 8.60. The maximum Gasteiger partial charge on any atom is 0.253 e. The number of piperidine rings is 1. The van der Waals surface area contributed by atoms with Crippen LogP contribution in [0.25, 0.3) is 0 Å². The average Bonchev–Trinajstić information content (AvgIpc) is 2.56. The summed E-state index contributed by atoms with van der Waals surface area (Å²) in [5, 5.41) is 0.800. The highest BCUT2D eigenvalue weighted by molar-refractivity contribution is 6.30. The number of carbonyl (C=O) groups excluding carboxylic acids is 1. The van der Waals surface area contributed by atoms with Gasteiger partial charge in [0.05, 0.1) is 0 Å². The predicted molar refractivity (Wildman–Crippen MR) is 95.0 cm³/mol. The van der Waals surface area contributed by atoms with Gasteiger partial charge in [0.2, 0.25) is 0 Å². The fraction of sp³-hybridized carbons (Fsp3) is 0.350. The van der Waals surface area contributed by atoms with E-state index in [1.165, 1.54) is 11.1 Å². The predicted octanol–water partition coefficient (Wildman–Crippen LogP) is 4.74. The highest BCUT2D eigenvalue weighted by Crippen LogP contribution is 2.24. The Balaban J connectivity index is 1.55. The number of hydrogen-bond donors (Lipinski definition) is 0. The van der Waals surface area contributed by atoms with Gasteiger partial charge in [-0.25, -0.2) is 0 Å². The van der Waals surface area contributed by atoms with Crippen LogP contribution in [0.15, 0.2) is 48.5 Å². The number of benzene rings is 2. The Bertz CT molecular complexity index is 672. The summed E-state index contributed by atoms with van der Waals surface area (Å²) in [6.07, 6.45) is 3.17. The lowest BCUT2D eigenvalue weighted by Crippen LogP contribution is -2.38. The molecule has 2 aromatic carbocycles. The van der Waals surface area contributed by atoms with E-state index in [0.29, 0.717) is 5.92 Å². The largest absolute Gasteiger partial charge is 0.339 e. The van der Waals surface area contributed by atoms with Crippen molar-refractivity contribution in [1.29, 1.82) is 0 Å². The maximum absolute atomic E-state index is 12.5. The van der Waals surface area contributed by atoms with Crippen molar-refractivity contribution in [2.24, 2.45) is 5.92 Å². The van der Waals surface area contributed by atoms with E-state index < -0.39 is 0 Å². The van der Waals surface area contributed by atoms with Crippen molar-refractivity contribution in [3.8, 4) is 0 Å². The Labute approximate surface area is 143 Å². The molecule has 3 heteroatoms. The molecule has 1 saturated heterocycles. The van der Waals surface area contributed by atoms with Gasteiger partial charge in [-0.3, -0.25) is 4.79 Å². The third kappa shape index (κ3) is 4.14. The molecule has 1 fully saturated rings. The van der Waals surface area contributed by atoms with E-state index in [2.05, 4.69) is 6.07 Å². The average molecular weight is 328 g/mol. The molecule has 0 spiro atoms. The summed E-state index contributed by atoms with van der Waals surface area (Å²) in [7, 11) is 0. The fourth-order valence-corrected chi connectivity index (χ4v) is 3.43. The summed E-state index contributed by atoms with van der Waals surface area (Å²) >= 11 is 6.05. The molecular weight excluding hydrogens is 306 g/mol. The van der Waals surface area contributed by atoms with Crippen molar-refractivity contribution >= 4 is 17.5 Å². The molecular formula is C20H22ClNO. The SMILES string of the molecule is Cc1ccc(C(=O)N2CCC(Cc3cccc(Cl)c3)CC2)cc1. The summed E-state index contributed by atoms with van der Waals surface area (Å²) < 4.78 is 0. The van der Waals surface area contributed by atoms with E-state index in [-0.39, 0.29) is 5.91 Å². The van der Waals surface area contributed by atoms with Gasteiger partial charge in [-0.2, -0.15) is 0 Å². The smallest absolute Gasteiger partial charge is 0.253 e. The number of rotatable bonds is 3. The lowest BCUT2D eigenvalue weighted by molar-refractivity contribution is 0.0690. The zero-order valence-corrected chi connectivity index (χ0v) is 14.2. The van der Waals surface area contributed by atoms with E-state index in [1.54, 1.807) is 0 Å². The zero-order chi connectivity index (χ0) is 16.2. The first-order valence-electron chi connectivity index (χ1n) is 8.22. The number of hydrogen-bond acceptors (Lipinski definition) is 1. The molecule has 0 N–H and O–H groups in total. The van der Waals surface area contributed by atoms with Crippen molar-refractivity contribution in [3.63, 3.8) is 0 Å². The number of likely N-dealkylation sites (tertiary alicyclic amines) is 1. The van der Waals surface area contributed by atoms with Crippen molar-refractivity contribution < 1.29 is 4.79 Å². The first-order chi connectivity index (χ1) is 11.1. The minimum Gasteiger partial charge on any atom is -0.339 e. The van der Waals surface area contributed by atoms with Gasteiger partial charge in [0.25, 0.3) is 5.91 Å². The Hall–Kier alpha value is -1.80. The lowest BCUT2D eigenvalue weighted by Gasteiger charge is -2.32. The van der Waals surface area contributed by atoms with Crippen molar-refractivity contribution in [1.82, 2.24) is 4.90 Å². The van der Waals surface area contributed by atoms with Crippen LogP contribution in [-0.4, -0.2) is 23.9 Å². The molecule has 1 aliphatic heterocycles. The Morgan fingerprint density at radius 3 is 2.48 bits per heavy atom. The topological polar surface area (TPSA) is 20.3 Å². The standard InChI is InChI=1S/C20H22ClNO/c1-15-5-7-18(8-6-15)20(23)22-11-9-16(10-12-22)13-17-3-2-4-19(21)14-17/h2-8,14,16H,9-13H2,1H3. The van der Waals surface area contributed by atoms with Crippen molar-refractivity contribution in [2.75, 3.05) is 13.1 Å². The zero-order valence-electron chi connectivity index (χ0n) is 13.5. The van der Waals surface area contributed by atoms with Crippen LogP contribution in [0.2, 0.25) is 5.02 Å². The summed E-state index contributed by atoms with van der Waals surface area (Å²) in [6.45, 7) is 3.73. The van der Waals surface area contributed by atoms with Crippen molar-refractivity contribution in [3.05, 3.63) is 70.2 Å². The van der Waals surface area contributed by atoms with Crippen LogP contribution in [0.5, 0.6) is 0 Å². The fourth-order valence-electron chi connectivity index (χ4n) is 3.22. The van der Waals surface area contributed by atoms with Gasteiger partial charge in [0.15, 0.2) is 0 Å². The van der Waals surface area contributed by atoms with Crippen LogP contribution >= 0.6 is 11.6 Å². The third-order valence-corrected chi connectivity index (χ3v) is 4.85. The molecule has 0 bridgehead atoms. The number of aryl methyl sites for hydroxylation is 1. The molecule has 23 heavy (non-hydrogen) atoms. The van der Waals surface area contributed by atoms with Crippen LogP contribution in [0.3, 0.4) is 0 Å². The van der Waals surface area contributed by atoms with Crippen LogP contribution in [-0.2, 0) is 6.42 Å². The van der Waals surface area contributed by atoms with Crippen LogP contribution in [0.4, 0.5) is 0 Å². The van der Waals surface area contributed by atoms with E-state index in [9.17, 15) is 4.79 Å². The molecule has 0 atom stereocenters. The molecule has 0 aliphatic carbocycles. The number of carbonyl (C=O) groups is 1. The number of nitrogens with zero attached hydrogens (tertiary/aromatic N) is 1. The molecule has 3 rings (SSSR count). The van der Waals surface area contributed by atoms with Gasteiger partial charge in [-0.05, 0) is 61.9 Å². The molecule has 120 valence electrons. The molecule has 0 radical (unpaired) electrons. The quantitative estimate of drug-likeness (QED) is 0.797. The number of halogens is 1. The van der Waals surface area contributed by atoms with Gasteiger partial charge in [0.1, 0.15) is 0 Å². The highest BCUT2D eigenvalue weighted by Gasteiger charge is 2.23. The monoisotopic (exact) mass is 327 g/mol. The molecule has 2 nitrogen and oxygen atoms in total. The molecule has 1 aliphatic rings. The van der Waals surface area contributed by atoms with Gasteiger partial charge in [-0.1, -0.05) is 41.4 Å². The van der Waals surface area contributed by atoms with E-state index in [0.717, 1.165) is 42.9 Å². The molecule has 1 amide bonds. The summed E-state index contributed by atoms with van der Waals surface area (Å²) in [5.74, 6) is 0.793. The van der Waals surface area contributed by atoms with Gasteiger partial charge in [-0.15, -0.1) is 0 Å². The van der Waals surface area contributed by atoms with Crippen LogP contribution in [0, 0.1) is 12.8 Å². The van der Waals surface area contributed by atoms with E-state index in [4.69, 9.17) is 11.6 Å². The second-order valence-corrected chi connectivity index (χ2v) is 6.87. The van der Waals surface area contributed by atoms with Gasteiger partial charge < -0.3 is 4.90 Å². The summed E-state index contributed by atoms with van der Waals surface area (Å²) in [5.41, 5.74) is 3.27. The Morgan fingerprint density at radius 2 is 1.83 bits per heavy atom. The minimum atomic E-state index is 0.159. The normalized spacial score (nSPS) is 15.7. The van der Waals surface area contributed by atoms with Crippen LogP contribution < -0.4 is 0 Å². The first kappa shape index (κ1) is 16.1. The number of amides is 1. The summed E-state index contributed by atoms with van der Waals surface area (Å²) in [4.78, 5) is 14.5. The third-order valence-electron chi connectivity index (χ3n) is 4.61. The molecule has 0 unspecified atom stereocenters. The Kier molecular flexibility index (Phi) is 5.02. The summed E-state index contributed by atoms with van der Waals surface area (Å²) in [6, 6.07) is 16.0. The lowest BCUT2D eigenvalue weighted by atomic mass is 9.90. The minimum absolute atomic E-state index is 0.159. The highest BCUT2D eigenvalue weighted by atomic mass is 35.5. The Morgan fingerprint density at radius 1 is 1.13 bits per heavy atom. The second-order valence-electron chi connectivity index (χ2n) is 6.44. The molecule has 0 saturated carbocycles. The maximum atomic E-state index is 12.5. The molecule has 0 aromatic heterocycles. The van der Waals surface area contributed by atoms with Gasteiger partial charge >= 0.3 is 0 Å². The van der Waals surface area contributed by atoms with E-state index in [1.807, 2.05) is 54.3 Å².